The molecule has 1 N–H and O–H groups in total. The number of amides is 2. The van der Waals surface area contributed by atoms with Crippen molar-refractivity contribution in [2.75, 3.05) is 13.1 Å². The van der Waals surface area contributed by atoms with Gasteiger partial charge in [0.25, 0.3) is 0 Å². The number of ether oxygens (including phenoxy) is 2. The van der Waals surface area contributed by atoms with Gasteiger partial charge in [0, 0.05) is 37.9 Å². The fraction of sp³-hybridized carbons (Fsp3) is 0.714. The second kappa shape index (κ2) is 9.52. The summed E-state index contributed by atoms with van der Waals surface area (Å²) in [6, 6.07) is 6.69. The second-order valence-electron chi connectivity index (χ2n) is 11.9. The number of carbonyl (C=O) groups is 2. The lowest BCUT2D eigenvalue weighted by Gasteiger charge is -2.51. The van der Waals surface area contributed by atoms with Crippen LogP contribution in [0.1, 0.15) is 97.3 Å². The highest BCUT2D eigenvalue weighted by atomic mass is 16.5. The third-order valence-corrected chi connectivity index (χ3v) is 7.88. The van der Waals surface area contributed by atoms with Crippen LogP contribution in [0.5, 0.6) is 5.75 Å². The fourth-order valence-corrected chi connectivity index (χ4v) is 5.85. The number of unbranched alkanes of at least 4 members (excludes halogenated alkanes) is 2. The van der Waals surface area contributed by atoms with E-state index in [1.165, 1.54) is 18.1 Å². The zero-order valence-corrected chi connectivity index (χ0v) is 21.8. The van der Waals surface area contributed by atoms with Gasteiger partial charge in [0.15, 0.2) is 0 Å². The zero-order valence-electron chi connectivity index (χ0n) is 21.8. The van der Waals surface area contributed by atoms with E-state index in [9.17, 15) is 9.59 Å². The molecule has 2 fully saturated rings. The molecular weight excluding hydrogens is 428 g/mol. The Balaban J connectivity index is 1.43. The molecule has 0 unspecified atom stereocenters. The van der Waals surface area contributed by atoms with Crippen molar-refractivity contribution in [1.29, 1.82) is 0 Å². The highest BCUT2D eigenvalue weighted by Crippen LogP contribution is 2.53. The number of carbonyl (C=O) groups excluding carboxylic acids is 2. The predicted molar refractivity (Wildman–Crippen MR) is 133 cm³/mol. The topological polar surface area (TPSA) is 67.9 Å². The molecule has 3 aliphatic rings. The molecule has 34 heavy (non-hydrogen) atoms. The lowest BCUT2D eigenvalue weighted by Crippen LogP contribution is -2.54. The van der Waals surface area contributed by atoms with E-state index in [2.05, 4.69) is 63.0 Å². The maximum atomic E-state index is 13.1. The number of hydrogen-bond donors (Lipinski definition) is 1. The second-order valence-corrected chi connectivity index (χ2v) is 11.9. The van der Waals surface area contributed by atoms with E-state index < -0.39 is 0 Å². The minimum Gasteiger partial charge on any atom is -0.487 e. The Morgan fingerprint density at radius 2 is 1.94 bits per heavy atom. The first kappa shape index (κ1) is 25.0. The number of fused-ring (bicyclic) bond motifs is 4. The highest BCUT2D eigenvalue weighted by Gasteiger charge is 2.53. The van der Waals surface area contributed by atoms with Gasteiger partial charge in [-0.05, 0) is 62.6 Å². The number of benzene rings is 1. The van der Waals surface area contributed by atoms with Crippen LogP contribution in [-0.4, -0.2) is 47.6 Å². The minimum atomic E-state index is -0.354. The van der Waals surface area contributed by atoms with Crippen molar-refractivity contribution in [1.82, 2.24) is 10.2 Å². The van der Waals surface area contributed by atoms with E-state index in [1.54, 1.807) is 0 Å². The number of hydrogen-bond acceptors (Lipinski definition) is 4. The SMILES string of the molecule is CC(=O)NCCCCCC(=O)N1CC[C@H]2O[C@H]3c4cc(C(C)(C)C)ccc4OC(C)(C)[C@@H]3C[C@H]21. The molecule has 6 heteroatoms. The molecule has 2 saturated heterocycles. The molecule has 188 valence electrons. The zero-order chi connectivity index (χ0) is 24.7. The van der Waals surface area contributed by atoms with E-state index >= 15 is 0 Å². The van der Waals surface area contributed by atoms with Gasteiger partial charge in [-0.2, -0.15) is 0 Å². The number of nitrogens with one attached hydrogen (secondary N) is 1. The summed E-state index contributed by atoms with van der Waals surface area (Å²) in [4.78, 5) is 26.1. The van der Waals surface area contributed by atoms with Crippen molar-refractivity contribution < 1.29 is 19.1 Å². The Morgan fingerprint density at radius 3 is 2.65 bits per heavy atom. The normalized spacial score (nSPS) is 27.3. The molecule has 0 saturated carbocycles. The third-order valence-electron chi connectivity index (χ3n) is 7.88. The average Bonchev–Trinajstić information content (AvgIpc) is 3.17. The van der Waals surface area contributed by atoms with E-state index in [-0.39, 0.29) is 47.0 Å². The predicted octanol–water partition coefficient (Wildman–Crippen LogP) is 4.90. The summed E-state index contributed by atoms with van der Waals surface area (Å²) in [6.07, 6.45) is 5.19. The summed E-state index contributed by atoms with van der Waals surface area (Å²) in [5, 5.41) is 2.82. The van der Waals surface area contributed by atoms with Crippen LogP contribution in [0.15, 0.2) is 18.2 Å². The average molecular weight is 471 g/mol. The van der Waals surface area contributed by atoms with E-state index in [0.717, 1.165) is 44.4 Å². The summed E-state index contributed by atoms with van der Waals surface area (Å²) >= 11 is 0. The molecule has 0 spiro atoms. The molecule has 0 radical (unpaired) electrons. The van der Waals surface area contributed by atoms with Crippen LogP contribution in [0.25, 0.3) is 0 Å². The van der Waals surface area contributed by atoms with Crippen molar-refractivity contribution >= 4 is 11.8 Å². The molecule has 1 aromatic rings. The van der Waals surface area contributed by atoms with Crippen LogP contribution in [-0.2, 0) is 19.7 Å². The van der Waals surface area contributed by atoms with E-state index in [1.807, 2.05) is 0 Å². The van der Waals surface area contributed by atoms with Gasteiger partial charge in [-0.1, -0.05) is 33.3 Å². The van der Waals surface area contributed by atoms with E-state index in [4.69, 9.17) is 9.47 Å². The van der Waals surface area contributed by atoms with Crippen LogP contribution in [0.4, 0.5) is 0 Å². The van der Waals surface area contributed by atoms with Crippen molar-refractivity contribution in [2.45, 2.75) is 109 Å². The molecular formula is C28H42N2O4. The van der Waals surface area contributed by atoms with Gasteiger partial charge in [-0.3, -0.25) is 9.59 Å². The Morgan fingerprint density at radius 1 is 1.18 bits per heavy atom. The summed E-state index contributed by atoms with van der Waals surface area (Å²) in [5.74, 6) is 1.37. The molecule has 1 aromatic carbocycles. The fourth-order valence-electron chi connectivity index (χ4n) is 5.85. The molecule has 6 nitrogen and oxygen atoms in total. The number of rotatable bonds is 6. The van der Waals surface area contributed by atoms with Crippen LogP contribution >= 0.6 is 0 Å². The number of likely N-dealkylation sites (tertiary alicyclic amines) is 1. The Kier molecular flexibility index (Phi) is 7.01. The molecule has 0 bridgehead atoms. The first-order valence-corrected chi connectivity index (χ1v) is 13.0. The van der Waals surface area contributed by atoms with Gasteiger partial charge in [-0.25, -0.2) is 0 Å². The van der Waals surface area contributed by atoms with Gasteiger partial charge < -0.3 is 19.7 Å². The van der Waals surface area contributed by atoms with Crippen molar-refractivity contribution in [3.05, 3.63) is 29.3 Å². The van der Waals surface area contributed by atoms with Crippen molar-refractivity contribution in [3.8, 4) is 5.75 Å². The van der Waals surface area contributed by atoms with Gasteiger partial charge in [0.05, 0.1) is 18.2 Å². The molecule has 4 rings (SSSR count). The third kappa shape index (κ3) is 5.12. The maximum absolute atomic E-state index is 13.1. The Hall–Kier alpha value is -2.08. The standard InChI is InChI=1S/C28H42N2O4/c1-18(31)29-14-9-7-8-10-25(32)30-15-13-24-22(30)17-21-26(33-24)20-16-19(27(2,3)4)11-12-23(20)34-28(21,5)6/h11-12,16,21-22,24,26H,7-10,13-15,17H2,1-6H3,(H,29,31)/t21-,22-,24-,26+/m1/s1. The van der Waals surface area contributed by atoms with Gasteiger partial charge in [0.2, 0.25) is 11.8 Å². The van der Waals surface area contributed by atoms with Crippen LogP contribution < -0.4 is 10.1 Å². The van der Waals surface area contributed by atoms with Crippen molar-refractivity contribution in [2.24, 2.45) is 5.92 Å². The minimum absolute atomic E-state index is 0.00153. The number of nitrogens with zero attached hydrogens (tertiary/aromatic N) is 1. The Bertz CT molecular complexity index is 919. The molecule has 2 amide bonds. The molecule has 0 aromatic heterocycles. The first-order valence-electron chi connectivity index (χ1n) is 13.0. The highest BCUT2D eigenvalue weighted by molar-refractivity contribution is 5.77. The summed E-state index contributed by atoms with van der Waals surface area (Å²) < 4.78 is 13.3. The van der Waals surface area contributed by atoms with Gasteiger partial charge in [-0.15, -0.1) is 0 Å². The Labute approximate surface area is 204 Å². The summed E-state index contributed by atoms with van der Waals surface area (Å²) in [5.41, 5.74) is 2.17. The quantitative estimate of drug-likeness (QED) is 0.601. The maximum Gasteiger partial charge on any atom is 0.222 e. The van der Waals surface area contributed by atoms with E-state index in [0.29, 0.717) is 13.0 Å². The lowest BCUT2D eigenvalue weighted by atomic mass is 9.73. The van der Waals surface area contributed by atoms with Gasteiger partial charge >= 0.3 is 0 Å². The summed E-state index contributed by atoms with van der Waals surface area (Å²) in [7, 11) is 0. The van der Waals surface area contributed by atoms with Crippen LogP contribution in [0.2, 0.25) is 0 Å². The lowest BCUT2D eigenvalue weighted by molar-refractivity contribution is -0.167. The molecule has 3 heterocycles. The molecule has 3 aliphatic heterocycles. The molecule has 4 atom stereocenters. The van der Waals surface area contributed by atoms with Crippen LogP contribution in [0, 0.1) is 5.92 Å². The molecule has 0 aliphatic carbocycles. The largest absolute Gasteiger partial charge is 0.487 e. The van der Waals surface area contributed by atoms with Crippen molar-refractivity contribution in [3.63, 3.8) is 0 Å². The first-order chi connectivity index (χ1) is 16.0. The smallest absolute Gasteiger partial charge is 0.222 e. The van der Waals surface area contributed by atoms with Crippen LogP contribution in [0.3, 0.4) is 0 Å². The monoisotopic (exact) mass is 470 g/mol. The van der Waals surface area contributed by atoms with Gasteiger partial charge in [0.1, 0.15) is 11.4 Å². The summed E-state index contributed by atoms with van der Waals surface area (Å²) in [6.45, 7) is 14.0.